The summed E-state index contributed by atoms with van der Waals surface area (Å²) in [7, 11) is 1.59. The van der Waals surface area contributed by atoms with Crippen molar-refractivity contribution in [2.24, 2.45) is 0 Å². The van der Waals surface area contributed by atoms with E-state index >= 15 is 0 Å². The molecule has 0 radical (unpaired) electrons. The van der Waals surface area contributed by atoms with Gasteiger partial charge in [0.15, 0.2) is 16.8 Å². The average molecular weight is 464 g/mol. The molecule has 0 aliphatic heterocycles. The molecule has 6 nitrogen and oxygen atoms in total. The van der Waals surface area contributed by atoms with Gasteiger partial charge in [-0.3, -0.25) is 9.36 Å². The fourth-order valence-corrected chi connectivity index (χ4v) is 3.99. The van der Waals surface area contributed by atoms with Crippen LogP contribution < -0.4 is 9.47 Å². The second kappa shape index (κ2) is 10.3. The van der Waals surface area contributed by atoms with Gasteiger partial charge in [0, 0.05) is 5.56 Å². The Morgan fingerprint density at radius 2 is 1.67 bits per heavy atom. The highest BCUT2D eigenvalue weighted by Crippen LogP contribution is 2.26. The largest absolute Gasteiger partial charge is 0.497 e. The molecule has 0 unspecified atom stereocenters. The number of ether oxygens (including phenoxy) is 2. The fraction of sp³-hybridized carbons (Fsp3) is 0.160. The van der Waals surface area contributed by atoms with Gasteiger partial charge in [0.25, 0.3) is 0 Å². The molecule has 4 aromatic rings. The van der Waals surface area contributed by atoms with Crippen LogP contribution in [0.5, 0.6) is 11.5 Å². The Bertz CT molecular complexity index is 1240. The molecule has 0 saturated carbocycles. The molecule has 8 heteroatoms. The van der Waals surface area contributed by atoms with Gasteiger partial charge >= 0.3 is 0 Å². The Kier molecular flexibility index (Phi) is 7.04. The van der Waals surface area contributed by atoms with Crippen molar-refractivity contribution in [2.75, 3.05) is 12.9 Å². The van der Waals surface area contributed by atoms with E-state index in [2.05, 4.69) is 10.2 Å². The van der Waals surface area contributed by atoms with E-state index < -0.39 is 5.82 Å². The summed E-state index contributed by atoms with van der Waals surface area (Å²) in [6, 6.07) is 20.9. The first-order valence-corrected chi connectivity index (χ1v) is 11.2. The lowest BCUT2D eigenvalue weighted by molar-refractivity contribution is 0.102. The molecule has 0 fully saturated rings. The standard InChI is InChI=1S/C25H22FN3O3S/c1-17-7-9-18(10-8-17)23(30)16-33-25-28-27-24(29(25)22-6-4-3-5-21(22)26)15-32-20-13-11-19(31-2)12-14-20/h3-14H,15-16H2,1-2H3. The SMILES string of the molecule is COc1ccc(OCc2nnc(SCC(=O)c3ccc(C)cc3)n2-c2ccccc2F)cc1. The topological polar surface area (TPSA) is 66.2 Å². The van der Waals surface area contributed by atoms with Crippen LogP contribution in [-0.2, 0) is 6.61 Å². The first kappa shape index (κ1) is 22.5. The van der Waals surface area contributed by atoms with Crippen LogP contribution in [0.15, 0.2) is 78.0 Å². The molecule has 3 aromatic carbocycles. The van der Waals surface area contributed by atoms with Crippen molar-refractivity contribution < 1.29 is 18.7 Å². The minimum atomic E-state index is -0.422. The van der Waals surface area contributed by atoms with Gasteiger partial charge < -0.3 is 9.47 Å². The van der Waals surface area contributed by atoms with E-state index in [4.69, 9.17) is 9.47 Å². The van der Waals surface area contributed by atoms with Crippen LogP contribution in [0.2, 0.25) is 0 Å². The molecule has 0 N–H and O–H groups in total. The quantitative estimate of drug-likeness (QED) is 0.249. The number of methoxy groups -OCH3 is 1. The number of aryl methyl sites for hydroxylation is 1. The third kappa shape index (κ3) is 5.40. The molecule has 1 heterocycles. The third-order valence-corrected chi connectivity index (χ3v) is 5.86. The predicted molar refractivity (Wildman–Crippen MR) is 125 cm³/mol. The van der Waals surface area contributed by atoms with E-state index in [1.807, 2.05) is 19.1 Å². The number of benzene rings is 3. The summed E-state index contributed by atoms with van der Waals surface area (Å²) >= 11 is 1.21. The predicted octanol–water partition coefficient (Wildman–Crippen LogP) is 5.28. The van der Waals surface area contributed by atoms with Crippen LogP contribution in [0.25, 0.3) is 5.69 Å². The molecule has 0 bridgehead atoms. The number of para-hydroxylation sites is 1. The Hall–Kier alpha value is -3.65. The molecule has 168 valence electrons. The minimum absolute atomic E-state index is 0.0425. The van der Waals surface area contributed by atoms with Crippen LogP contribution in [0.4, 0.5) is 4.39 Å². The number of Topliss-reactive ketones (excluding diaryl/α,β-unsaturated/α-hetero) is 1. The van der Waals surface area contributed by atoms with E-state index in [1.54, 1.807) is 66.3 Å². The highest BCUT2D eigenvalue weighted by Gasteiger charge is 2.19. The van der Waals surface area contributed by atoms with Crippen molar-refractivity contribution in [3.63, 3.8) is 0 Å². The molecule has 0 amide bonds. The maximum absolute atomic E-state index is 14.7. The summed E-state index contributed by atoms with van der Waals surface area (Å²) in [6.07, 6.45) is 0. The first-order valence-electron chi connectivity index (χ1n) is 10.2. The summed E-state index contributed by atoms with van der Waals surface area (Å²) in [4.78, 5) is 12.6. The van der Waals surface area contributed by atoms with E-state index in [1.165, 1.54) is 17.8 Å². The number of hydrogen-bond donors (Lipinski definition) is 0. The van der Waals surface area contributed by atoms with Gasteiger partial charge in [0.05, 0.1) is 18.6 Å². The highest BCUT2D eigenvalue weighted by atomic mass is 32.2. The summed E-state index contributed by atoms with van der Waals surface area (Å²) in [5.74, 6) is 1.43. The summed E-state index contributed by atoms with van der Waals surface area (Å²) in [5, 5.41) is 8.83. The van der Waals surface area contributed by atoms with E-state index in [0.29, 0.717) is 33.7 Å². The van der Waals surface area contributed by atoms with Gasteiger partial charge in [-0.05, 0) is 43.3 Å². The monoisotopic (exact) mass is 463 g/mol. The molecule has 0 aliphatic carbocycles. The van der Waals surface area contributed by atoms with Gasteiger partial charge in [-0.25, -0.2) is 4.39 Å². The van der Waals surface area contributed by atoms with Crippen LogP contribution in [0, 0.1) is 12.7 Å². The maximum Gasteiger partial charge on any atom is 0.196 e. The summed E-state index contributed by atoms with van der Waals surface area (Å²) < 4.78 is 27.2. The van der Waals surface area contributed by atoms with E-state index in [9.17, 15) is 9.18 Å². The van der Waals surface area contributed by atoms with Gasteiger partial charge in [0.2, 0.25) is 0 Å². The van der Waals surface area contributed by atoms with Crippen molar-refractivity contribution in [1.82, 2.24) is 14.8 Å². The van der Waals surface area contributed by atoms with Gasteiger partial charge in [-0.15, -0.1) is 10.2 Å². The maximum atomic E-state index is 14.7. The van der Waals surface area contributed by atoms with Crippen LogP contribution in [-0.4, -0.2) is 33.4 Å². The fourth-order valence-electron chi connectivity index (χ4n) is 3.14. The number of ketones is 1. The number of aromatic nitrogens is 3. The van der Waals surface area contributed by atoms with Gasteiger partial charge in [-0.1, -0.05) is 53.7 Å². The second-order valence-electron chi connectivity index (χ2n) is 7.23. The number of carbonyl (C=O) groups excluding carboxylic acids is 1. The Morgan fingerprint density at radius 1 is 0.970 bits per heavy atom. The van der Waals surface area contributed by atoms with Crippen LogP contribution in [0.1, 0.15) is 21.7 Å². The number of carbonyl (C=O) groups is 1. The molecule has 0 aliphatic rings. The zero-order valence-electron chi connectivity index (χ0n) is 18.2. The normalized spacial score (nSPS) is 10.8. The number of rotatable bonds is 9. The molecule has 4 rings (SSSR count). The van der Waals surface area contributed by atoms with E-state index in [-0.39, 0.29) is 18.1 Å². The van der Waals surface area contributed by atoms with Crippen LogP contribution in [0.3, 0.4) is 0 Å². The first-order chi connectivity index (χ1) is 16.0. The Labute approximate surface area is 195 Å². The molecule has 33 heavy (non-hydrogen) atoms. The van der Waals surface area contributed by atoms with Gasteiger partial charge in [0.1, 0.15) is 23.9 Å². The zero-order valence-corrected chi connectivity index (χ0v) is 19.0. The lowest BCUT2D eigenvalue weighted by Crippen LogP contribution is -2.09. The molecular formula is C25H22FN3O3S. The van der Waals surface area contributed by atoms with Gasteiger partial charge in [-0.2, -0.15) is 0 Å². The van der Waals surface area contributed by atoms with Crippen molar-refractivity contribution in [3.8, 4) is 17.2 Å². The average Bonchev–Trinajstić information content (AvgIpc) is 3.24. The Morgan fingerprint density at radius 3 is 2.36 bits per heavy atom. The van der Waals surface area contributed by atoms with Crippen molar-refractivity contribution >= 4 is 17.5 Å². The second-order valence-corrected chi connectivity index (χ2v) is 8.17. The lowest BCUT2D eigenvalue weighted by atomic mass is 10.1. The number of nitrogens with zero attached hydrogens (tertiary/aromatic N) is 3. The van der Waals surface area contributed by atoms with Crippen molar-refractivity contribution in [2.45, 2.75) is 18.7 Å². The Balaban J connectivity index is 1.56. The number of hydrogen-bond acceptors (Lipinski definition) is 6. The molecule has 1 aromatic heterocycles. The summed E-state index contributed by atoms with van der Waals surface area (Å²) in [6.45, 7) is 2.04. The minimum Gasteiger partial charge on any atom is -0.497 e. The number of thioether (sulfide) groups is 1. The number of halogens is 1. The molecule has 0 atom stereocenters. The van der Waals surface area contributed by atoms with E-state index in [0.717, 1.165) is 5.56 Å². The summed E-state index contributed by atoms with van der Waals surface area (Å²) in [5.41, 5.74) is 1.99. The zero-order chi connectivity index (χ0) is 23.2. The third-order valence-electron chi connectivity index (χ3n) is 4.93. The molecule has 0 spiro atoms. The highest BCUT2D eigenvalue weighted by molar-refractivity contribution is 7.99. The van der Waals surface area contributed by atoms with Crippen LogP contribution >= 0.6 is 11.8 Å². The molecule has 0 saturated heterocycles. The van der Waals surface area contributed by atoms with Crippen molar-refractivity contribution in [3.05, 3.63) is 95.6 Å². The smallest absolute Gasteiger partial charge is 0.196 e. The lowest BCUT2D eigenvalue weighted by Gasteiger charge is -2.12. The van der Waals surface area contributed by atoms with Crippen molar-refractivity contribution in [1.29, 1.82) is 0 Å². The molecular weight excluding hydrogens is 441 g/mol.